The molecule has 0 aliphatic rings. The summed E-state index contributed by atoms with van der Waals surface area (Å²) in [5, 5.41) is 5.49. The molecule has 0 spiro atoms. The van der Waals surface area contributed by atoms with Gasteiger partial charge in [0.2, 0.25) is 5.76 Å². The first-order valence-electron chi connectivity index (χ1n) is 4.85. The summed E-state index contributed by atoms with van der Waals surface area (Å²) in [6.45, 7) is 0. The summed E-state index contributed by atoms with van der Waals surface area (Å²) in [5.74, 6) is -0.325. The molecule has 2 aromatic heterocycles. The zero-order valence-electron chi connectivity index (χ0n) is 8.83. The monoisotopic (exact) mass is 250 g/mol. The molecule has 2 heterocycles. The largest absolute Gasteiger partial charge is 0.457 e. The average Bonchev–Trinajstić information content (AvgIpc) is 2.97. The van der Waals surface area contributed by atoms with Crippen molar-refractivity contribution in [1.82, 2.24) is 0 Å². The number of rotatable bonds is 4. The first-order chi connectivity index (χ1) is 8.25. The minimum Gasteiger partial charge on any atom is -0.457 e. The molecule has 0 radical (unpaired) electrons. The van der Waals surface area contributed by atoms with E-state index in [-0.39, 0.29) is 11.6 Å². The summed E-state index contributed by atoms with van der Waals surface area (Å²) in [7, 11) is 0. The minimum atomic E-state index is -0.663. The third-order valence-corrected chi connectivity index (χ3v) is 2.78. The molecule has 0 atom stereocenters. The molecule has 0 unspecified atom stereocenters. The molecule has 5 nitrogen and oxygen atoms in total. The smallest absolute Gasteiger partial charge is 0.400 e. The highest BCUT2D eigenvalue weighted by molar-refractivity contribution is 7.10. The summed E-state index contributed by atoms with van der Waals surface area (Å²) in [4.78, 5) is 17.0. The molecular weight excluding hydrogens is 240 g/mol. The molecule has 0 saturated heterocycles. The summed E-state index contributed by atoms with van der Waals surface area (Å²) in [5.41, 5.74) is 5.62. The van der Waals surface area contributed by atoms with Gasteiger partial charge in [0.1, 0.15) is 5.84 Å². The quantitative estimate of drug-likeness (QED) is 0.389. The van der Waals surface area contributed by atoms with Crippen molar-refractivity contribution in [2.75, 3.05) is 0 Å². The van der Waals surface area contributed by atoms with Crippen LogP contribution in [-0.2, 0) is 11.3 Å². The van der Waals surface area contributed by atoms with Gasteiger partial charge < -0.3 is 15.0 Å². The van der Waals surface area contributed by atoms with Crippen molar-refractivity contribution in [2.45, 2.75) is 6.42 Å². The molecule has 0 aliphatic carbocycles. The van der Waals surface area contributed by atoms with Crippen LogP contribution in [-0.4, -0.2) is 11.8 Å². The second-order valence-corrected chi connectivity index (χ2v) is 4.23. The van der Waals surface area contributed by atoms with Crippen molar-refractivity contribution in [3.8, 4) is 0 Å². The van der Waals surface area contributed by atoms with Gasteiger partial charge in [0, 0.05) is 11.3 Å². The van der Waals surface area contributed by atoms with Crippen LogP contribution >= 0.6 is 11.3 Å². The molecule has 6 heteroatoms. The van der Waals surface area contributed by atoms with Crippen LogP contribution in [0.1, 0.15) is 15.4 Å². The lowest BCUT2D eigenvalue weighted by atomic mass is 10.3. The molecular formula is C11H10N2O3S. The Labute approximate surface area is 101 Å². The number of furan rings is 1. The fourth-order valence-electron chi connectivity index (χ4n) is 1.16. The van der Waals surface area contributed by atoms with E-state index in [0.717, 1.165) is 4.88 Å². The summed E-state index contributed by atoms with van der Waals surface area (Å²) in [6, 6.07) is 6.94. The Balaban J connectivity index is 1.90. The van der Waals surface area contributed by atoms with E-state index in [1.54, 1.807) is 17.4 Å². The van der Waals surface area contributed by atoms with Crippen molar-refractivity contribution < 1.29 is 14.0 Å². The Morgan fingerprint density at radius 3 is 3.00 bits per heavy atom. The number of hydrogen-bond donors (Lipinski definition) is 1. The van der Waals surface area contributed by atoms with E-state index >= 15 is 0 Å². The van der Waals surface area contributed by atoms with Gasteiger partial charge in [0.05, 0.1) is 6.26 Å². The number of oxime groups is 1. The maximum absolute atomic E-state index is 11.3. The molecule has 0 aliphatic heterocycles. The third kappa shape index (κ3) is 3.18. The van der Waals surface area contributed by atoms with E-state index in [1.807, 2.05) is 17.5 Å². The Morgan fingerprint density at radius 2 is 2.35 bits per heavy atom. The number of carbonyl (C=O) groups excluding carboxylic acids is 1. The van der Waals surface area contributed by atoms with E-state index in [0.29, 0.717) is 6.42 Å². The van der Waals surface area contributed by atoms with Gasteiger partial charge in [-0.05, 0) is 23.6 Å². The van der Waals surface area contributed by atoms with Gasteiger partial charge in [-0.1, -0.05) is 11.2 Å². The molecule has 2 aromatic rings. The zero-order chi connectivity index (χ0) is 12.1. The van der Waals surface area contributed by atoms with Crippen molar-refractivity contribution in [2.24, 2.45) is 10.9 Å². The zero-order valence-corrected chi connectivity index (χ0v) is 9.65. The van der Waals surface area contributed by atoms with Gasteiger partial charge in [0.15, 0.2) is 0 Å². The number of carbonyl (C=O) groups is 1. The molecule has 0 bridgehead atoms. The standard InChI is InChI=1S/C11H10N2O3S/c12-10(7-8-3-2-6-17-8)13-16-11(14)9-4-1-5-15-9/h1-6H,7H2,(H2,12,13). The number of amidine groups is 1. The lowest BCUT2D eigenvalue weighted by Crippen LogP contribution is -2.16. The van der Waals surface area contributed by atoms with E-state index < -0.39 is 5.97 Å². The average molecular weight is 250 g/mol. The lowest BCUT2D eigenvalue weighted by Gasteiger charge is -1.97. The van der Waals surface area contributed by atoms with Gasteiger partial charge in [-0.25, -0.2) is 4.79 Å². The summed E-state index contributed by atoms with van der Waals surface area (Å²) >= 11 is 1.56. The molecule has 0 amide bonds. The molecule has 2 N–H and O–H groups in total. The van der Waals surface area contributed by atoms with Crippen molar-refractivity contribution >= 4 is 23.1 Å². The van der Waals surface area contributed by atoms with Crippen LogP contribution in [0.4, 0.5) is 0 Å². The molecule has 0 aromatic carbocycles. The van der Waals surface area contributed by atoms with Gasteiger partial charge in [-0.15, -0.1) is 11.3 Å². The number of nitrogens with two attached hydrogens (primary N) is 1. The SMILES string of the molecule is N/C(Cc1cccs1)=N\OC(=O)c1ccco1. The number of hydrogen-bond acceptors (Lipinski definition) is 5. The maximum Gasteiger partial charge on any atom is 0.400 e. The Hall–Kier alpha value is -2.08. The van der Waals surface area contributed by atoms with E-state index in [2.05, 4.69) is 9.99 Å². The van der Waals surface area contributed by atoms with Gasteiger partial charge in [0.25, 0.3) is 0 Å². The lowest BCUT2D eigenvalue weighted by molar-refractivity contribution is 0.0478. The van der Waals surface area contributed by atoms with Crippen LogP contribution in [0.25, 0.3) is 0 Å². The van der Waals surface area contributed by atoms with Crippen molar-refractivity contribution in [1.29, 1.82) is 0 Å². The van der Waals surface area contributed by atoms with Crippen LogP contribution in [0.2, 0.25) is 0 Å². The molecule has 2 rings (SSSR count). The van der Waals surface area contributed by atoms with Crippen molar-refractivity contribution in [3.05, 3.63) is 46.5 Å². The summed E-state index contributed by atoms with van der Waals surface area (Å²) in [6.07, 6.45) is 1.85. The third-order valence-electron chi connectivity index (χ3n) is 1.90. The Bertz CT molecular complexity index is 503. The first kappa shape index (κ1) is 11.4. The van der Waals surface area contributed by atoms with Gasteiger partial charge in [-0.2, -0.15) is 0 Å². The maximum atomic E-state index is 11.3. The highest BCUT2D eigenvalue weighted by Gasteiger charge is 2.10. The second kappa shape index (κ2) is 5.31. The van der Waals surface area contributed by atoms with E-state index in [1.165, 1.54) is 12.3 Å². The highest BCUT2D eigenvalue weighted by atomic mass is 32.1. The van der Waals surface area contributed by atoms with E-state index in [4.69, 9.17) is 10.2 Å². The molecule has 17 heavy (non-hydrogen) atoms. The van der Waals surface area contributed by atoms with Crippen LogP contribution in [0, 0.1) is 0 Å². The topological polar surface area (TPSA) is 77.8 Å². The van der Waals surface area contributed by atoms with Gasteiger partial charge >= 0.3 is 5.97 Å². The number of thiophene rings is 1. The van der Waals surface area contributed by atoms with Crippen molar-refractivity contribution in [3.63, 3.8) is 0 Å². The first-order valence-corrected chi connectivity index (χ1v) is 5.73. The minimum absolute atomic E-state index is 0.0951. The van der Waals surface area contributed by atoms with Crippen LogP contribution in [0.3, 0.4) is 0 Å². The second-order valence-electron chi connectivity index (χ2n) is 3.19. The Morgan fingerprint density at radius 1 is 1.47 bits per heavy atom. The van der Waals surface area contributed by atoms with Crippen LogP contribution in [0.5, 0.6) is 0 Å². The summed E-state index contributed by atoms with van der Waals surface area (Å²) < 4.78 is 4.85. The molecule has 88 valence electrons. The van der Waals surface area contributed by atoms with Crippen LogP contribution < -0.4 is 5.73 Å². The number of nitrogens with zero attached hydrogens (tertiary/aromatic N) is 1. The predicted octanol–water partition coefficient (Wildman–Crippen LogP) is 2.01. The molecule has 0 fully saturated rings. The fraction of sp³-hybridized carbons (Fsp3) is 0.0909. The highest BCUT2D eigenvalue weighted by Crippen LogP contribution is 2.09. The predicted molar refractivity (Wildman–Crippen MR) is 63.8 cm³/mol. The molecule has 0 saturated carbocycles. The Kier molecular flexibility index (Phi) is 3.56. The van der Waals surface area contributed by atoms with Crippen LogP contribution in [0.15, 0.2) is 45.5 Å². The van der Waals surface area contributed by atoms with E-state index in [9.17, 15) is 4.79 Å². The normalized spacial score (nSPS) is 11.4. The fourth-order valence-corrected chi connectivity index (χ4v) is 1.88. The van der Waals surface area contributed by atoms with Gasteiger partial charge in [-0.3, -0.25) is 0 Å².